The number of hydrogen-bond donors (Lipinski definition) is 2. The molecule has 0 radical (unpaired) electrons. The summed E-state index contributed by atoms with van der Waals surface area (Å²) in [5, 5.41) is 12.7. The minimum absolute atomic E-state index is 0.342. The molecule has 2 unspecified atom stereocenters. The van der Waals surface area contributed by atoms with Crippen LogP contribution in [-0.2, 0) is 11.2 Å². The van der Waals surface area contributed by atoms with Crippen LogP contribution in [0.25, 0.3) is 0 Å². The van der Waals surface area contributed by atoms with Crippen molar-refractivity contribution >= 4 is 17.6 Å². The van der Waals surface area contributed by atoms with Gasteiger partial charge >= 0.3 is 5.97 Å². The first-order chi connectivity index (χ1) is 8.65. The van der Waals surface area contributed by atoms with Crippen LogP contribution in [0.4, 0.5) is 0 Å². The van der Waals surface area contributed by atoms with Crippen molar-refractivity contribution < 1.29 is 9.90 Å². The quantitative estimate of drug-likeness (QED) is 0.862. The van der Waals surface area contributed by atoms with Gasteiger partial charge in [-0.2, -0.15) is 0 Å². The first kappa shape index (κ1) is 13.4. The van der Waals surface area contributed by atoms with E-state index in [2.05, 4.69) is 17.4 Å². The maximum absolute atomic E-state index is 10.8. The third kappa shape index (κ3) is 3.72. The van der Waals surface area contributed by atoms with Crippen LogP contribution in [0.1, 0.15) is 24.8 Å². The summed E-state index contributed by atoms with van der Waals surface area (Å²) in [6.07, 6.45) is 3.97. The van der Waals surface area contributed by atoms with Crippen LogP contribution in [0.2, 0.25) is 5.02 Å². The van der Waals surface area contributed by atoms with Gasteiger partial charge in [0.25, 0.3) is 0 Å². The van der Waals surface area contributed by atoms with Crippen molar-refractivity contribution in [2.75, 3.05) is 6.54 Å². The number of rotatable bonds is 5. The van der Waals surface area contributed by atoms with Gasteiger partial charge in [-0.3, -0.25) is 4.79 Å². The van der Waals surface area contributed by atoms with Gasteiger partial charge in [0.1, 0.15) is 6.04 Å². The summed E-state index contributed by atoms with van der Waals surface area (Å²) in [5.74, 6) is -0.228. The molecule has 1 aromatic carbocycles. The number of aryl methyl sites for hydroxylation is 1. The van der Waals surface area contributed by atoms with Crippen LogP contribution < -0.4 is 5.32 Å². The lowest BCUT2D eigenvalue weighted by molar-refractivity contribution is -0.139. The Morgan fingerprint density at radius 1 is 1.39 bits per heavy atom. The standard InChI is InChI=1S/C14H18ClNO2/c15-12-6-4-10(5-7-12)2-1-3-11-8-13(14(17)18)16-9-11/h4-7,11,13,16H,1-3,8-9H2,(H,17,18). The predicted octanol–water partition coefficient (Wildman–Crippen LogP) is 2.73. The second-order valence-electron chi connectivity index (χ2n) is 4.92. The molecule has 1 aromatic rings. The molecule has 2 atom stereocenters. The molecule has 0 bridgehead atoms. The molecular formula is C14H18ClNO2. The second-order valence-corrected chi connectivity index (χ2v) is 5.36. The van der Waals surface area contributed by atoms with E-state index in [9.17, 15) is 4.79 Å². The van der Waals surface area contributed by atoms with Crippen molar-refractivity contribution in [1.82, 2.24) is 5.32 Å². The molecule has 2 N–H and O–H groups in total. The van der Waals surface area contributed by atoms with Crippen LogP contribution >= 0.6 is 11.6 Å². The summed E-state index contributed by atoms with van der Waals surface area (Å²) in [4.78, 5) is 10.8. The number of carbonyl (C=O) groups is 1. The number of carboxylic acid groups (broad SMARTS) is 1. The Labute approximate surface area is 112 Å². The third-order valence-electron chi connectivity index (χ3n) is 3.51. The number of hydrogen-bond acceptors (Lipinski definition) is 2. The van der Waals surface area contributed by atoms with Crippen molar-refractivity contribution in [3.05, 3.63) is 34.9 Å². The molecule has 1 fully saturated rings. The fraction of sp³-hybridized carbons (Fsp3) is 0.500. The smallest absolute Gasteiger partial charge is 0.320 e. The maximum Gasteiger partial charge on any atom is 0.320 e. The van der Waals surface area contributed by atoms with Crippen LogP contribution in [-0.4, -0.2) is 23.7 Å². The Kier molecular flexibility index (Phi) is 4.61. The molecule has 0 amide bonds. The van der Waals surface area contributed by atoms with E-state index >= 15 is 0 Å². The minimum atomic E-state index is -0.727. The summed E-state index contributed by atoms with van der Waals surface area (Å²) in [6.45, 7) is 0.831. The van der Waals surface area contributed by atoms with E-state index in [0.29, 0.717) is 5.92 Å². The van der Waals surface area contributed by atoms with Crippen LogP contribution in [0.5, 0.6) is 0 Å². The first-order valence-corrected chi connectivity index (χ1v) is 6.73. The van der Waals surface area contributed by atoms with Crippen molar-refractivity contribution in [3.63, 3.8) is 0 Å². The van der Waals surface area contributed by atoms with E-state index in [4.69, 9.17) is 16.7 Å². The van der Waals surface area contributed by atoms with E-state index in [1.807, 2.05) is 12.1 Å². The van der Waals surface area contributed by atoms with Crippen LogP contribution in [0, 0.1) is 5.92 Å². The van der Waals surface area contributed by atoms with Gasteiger partial charge in [-0.15, -0.1) is 0 Å². The van der Waals surface area contributed by atoms with Gasteiger partial charge in [0.05, 0.1) is 0 Å². The number of halogens is 1. The van der Waals surface area contributed by atoms with Crippen LogP contribution in [0.3, 0.4) is 0 Å². The monoisotopic (exact) mass is 267 g/mol. The zero-order valence-electron chi connectivity index (χ0n) is 10.2. The zero-order chi connectivity index (χ0) is 13.0. The fourth-order valence-corrected chi connectivity index (χ4v) is 2.59. The van der Waals surface area contributed by atoms with Crippen molar-refractivity contribution in [2.24, 2.45) is 5.92 Å². The Hall–Kier alpha value is -1.06. The lowest BCUT2D eigenvalue weighted by atomic mass is 9.97. The minimum Gasteiger partial charge on any atom is -0.480 e. The molecule has 4 heteroatoms. The largest absolute Gasteiger partial charge is 0.480 e. The summed E-state index contributed by atoms with van der Waals surface area (Å²) < 4.78 is 0. The molecule has 98 valence electrons. The summed E-state index contributed by atoms with van der Waals surface area (Å²) in [5.41, 5.74) is 1.29. The number of nitrogens with one attached hydrogen (secondary N) is 1. The van der Waals surface area contributed by atoms with Gasteiger partial charge in [-0.05, 0) is 55.8 Å². The summed E-state index contributed by atoms with van der Waals surface area (Å²) >= 11 is 5.83. The average molecular weight is 268 g/mol. The van der Waals surface area contributed by atoms with E-state index in [1.165, 1.54) is 5.56 Å². The van der Waals surface area contributed by atoms with Gasteiger partial charge in [0.15, 0.2) is 0 Å². The molecule has 1 saturated heterocycles. The molecule has 3 nitrogen and oxygen atoms in total. The van der Waals surface area contributed by atoms with Crippen molar-refractivity contribution in [1.29, 1.82) is 0 Å². The fourth-order valence-electron chi connectivity index (χ4n) is 2.46. The van der Waals surface area contributed by atoms with Crippen molar-refractivity contribution in [3.8, 4) is 0 Å². The van der Waals surface area contributed by atoms with Gasteiger partial charge in [-0.1, -0.05) is 23.7 Å². The molecule has 1 aliphatic rings. The Bertz CT molecular complexity index is 405. The second kappa shape index (κ2) is 6.21. The molecule has 0 saturated carbocycles. The molecule has 1 aliphatic heterocycles. The Morgan fingerprint density at radius 3 is 2.72 bits per heavy atom. The highest BCUT2D eigenvalue weighted by molar-refractivity contribution is 6.30. The van der Waals surface area contributed by atoms with E-state index in [-0.39, 0.29) is 6.04 Å². The van der Waals surface area contributed by atoms with Crippen LogP contribution in [0.15, 0.2) is 24.3 Å². The number of aliphatic carboxylic acids is 1. The molecule has 1 heterocycles. The number of carboxylic acids is 1. The topological polar surface area (TPSA) is 49.3 Å². The molecule has 0 spiro atoms. The normalized spacial score (nSPS) is 23.2. The average Bonchev–Trinajstić information content (AvgIpc) is 2.81. The highest BCUT2D eigenvalue weighted by Crippen LogP contribution is 2.21. The molecule has 0 aromatic heterocycles. The van der Waals surface area contributed by atoms with E-state index in [0.717, 1.165) is 37.3 Å². The SMILES string of the molecule is O=C(O)C1CC(CCCc2ccc(Cl)cc2)CN1. The van der Waals surface area contributed by atoms with E-state index in [1.54, 1.807) is 0 Å². The molecular weight excluding hydrogens is 250 g/mol. The maximum atomic E-state index is 10.8. The van der Waals surface area contributed by atoms with Gasteiger partial charge in [-0.25, -0.2) is 0 Å². The summed E-state index contributed by atoms with van der Waals surface area (Å²) in [7, 11) is 0. The molecule has 0 aliphatic carbocycles. The lowest BCUT2D eigenvalue weighted by Gasteiger charge is -2.08. The van der Waals surface area contributed by atoms with Gasteiger partial charge in [0.2, 0.25) is 0 Å². The van der Waals surface area contributed by atoms with Gasteiger partial charge < -0.3 is 10.4 Å². The van der Waals surface area contributed by atoms with Gasteiger partial charge in [0, 0.05) is 5.02 Å². The zero-order valence-corrected chi connectivity index (χ0v) is 11.0. The lowest BCUT2D eigenvalue weighted by Crippen LogP contribution is -2.29. The number of benzene rings is 1. The highest BCUT2D eigenvalue weighted by atomic mass is 35.5. The molecule has 2 rings (SSSR count). The van der Waals surface area contributed by atoms with E-state index < -0.39 is 5.97 Å². The first-order valence-electron chi connectivity index (χ1n) is 6.36. The summed E-state index contributed by atoms with van der Waals surface area (Å²) in [6, 6.07) is 7.58. The third-order valence-corrected chi connectivity index (χ3v) is 3.76. The predicted molar refractivity (Wildman–Crippen MR) is 71.9 cm³/mol. The molecule has 18 heavy (non-hydrogen) atoms. The highest BCUT2D eigenvalue weighted by Gasteiger charge is 2.28. The Balaban J connectivity index is 1.70. The van der Waals surface area contributed by atoms with Crippen molar-refractivity contribution in [2.45, 2.75) is 31.7 Å². The Morgan fingerprint density at radius 2 is 2.11 bits per heavy atom.